The maximum absolute atomic E-state index is 12.9. The van der Waals surface area contributed by atoms with Crippen LogP contribution in [0.1, 0.15) is 20.9 Å². The molecule has 0 saturated carbocycles. The first-order valence-electron chi connectivity index (χ1n) is 9.75. The Bertz CT molecular complexity index is 1000. The number of amides is 1. The van der Waals surface area contributed by atoms with Crippen LogP contribution < -0.4 is 4.90 Å². The fourth-order valence-electron chi connectivity index (χ4n) is 3.79. The van der Waals surface area contributed by atoms with E-state index in [9.17, 15) is 4.79 Å². The Hall–Kier alpha value is -2.84. The number of ether oxygens (including phenoxy) is 1. The summed E-state index contributed by atoms with van der Waals surface area (Å²) in [6.07, 6.45) is 4.26. The van der Waals surface area contributed by atoms with Crippen LogP contribution >= 0.6 is 11.3 Å². The minimum atomic E-state index is 0.0786. The molecule has 1 fully saturated rings. The molecule has 0 atom stereocenters. The highest BCUT2D eigenvalue weighted by Crippen LogP contribution is 2.31. The second kappa shape index (κ2) is 7.88. The number of hydrogen-bond donors (Lipinski definition) is 0. The Morgan fingerprint density at radius 1 is 1.10 bits per heavy atom. The zero-order valence-electron chi connectivity index (χ0n) is 16.0. The van der Waals surface area contributed by atoms with E-state index in [1.165, 1.54) is 11.3 Å². The largest absolute Gasteiger partial charge is 0.378 e. The van der Waals surface area contributed by atoms with Crippen LogP contribution in [0.2, 0.25) is 0 Å². The number of fused-ring (bicyclic) bond motifs is 1. The number of morpholine rings is 1. The summed E-state index contributed by atoms with van der Waals surface area (Å²) in [4.78, 5) is 31.8. The molecule has 0 N–H and O–H groups in total. The first-order valence-corrected chi connectivity index (χ1v) is 10.6. The molecule has 3 aromatic heterocycles. The molecule has 0 aromatic carbocycles. The van der Waals surface area contributed by atoms with Crippen molar-refractivity contribution in [2.75, 3.05) is 37.7 Å². The Labute approximate surface area is 173 Å². The highest BCUT2D eigenvalue weighted by molar-refractivity contribution is 7.12. The summed E-state index contributed by atoms with van der Waals surface area (Å²) in [5.74, 6) is 1.69. The third-order valence-corrected chi connectivity index (χ3v) is 6.15. The van der Waals surface area contributed by atoms with Crippen molar-refractivity contribution in [2.45, 2.75) is 13.0 Å². The van der Waals surface area contributed by atoms with Crippen molar-refractivity contribution < 1.29 is 9.53 Å². The highest BCUT2D eigenvalue weighted by atomic mass is 32.1. The minimum Gasteiger partial charge on any atom is -0.378 e. The number of anilines is 1. The van der Waals surface area contributed by atoms with Gasteiger partial charge in [0.15, 0.2) is 5.82 Å². The SMILES string of the molecule is O=C(c1cccs1)N1CCc2nc(-c3cccnc3)nc(N3CCOCC3)c2C1. The molecule has 148 valence electrons. The molecule has 29 heavy (non-hydrogen) atoms. The summed E-state index contributed by atoms with van der Waals surface area (Å²) < 4.78 is 5.53. The molecule has 3 aromatic rings. The van der Waals surface area contributed by atoms with Gasteiger partial charge in [0.25, 0.3) is 5.91 Å². The fraction of sp³-hybridized carbons (Fsp3) is 0.333. The van der Waals surface area contributed by atoms with Gasteiger partial charge in [-0.3, -0.25) is 9.78 Å². The van der Waals surface area contributed by atoms with Crippen LogP contribution in [-0.4, -0.2) is 58.6 Å². The monoisotopic (exact) mass is 407 g/mol. The van der Waals surface area contributed by atoms with E-state index in [-0.39, 0.29) is 5.91 Å². The van der Waals surface area contributed by atoms with Crippen LogP contribution in [0.3, 0.4) is 0 Å². The van der Waals surface area contributed by atoms with Crippen LogP contribution in [0.15, 0.2) is 42.0 Å². The van der Waals surface area contributed by atoms with Crippen molar-refractivity contribution >= 4 is 23.1 Å². The first kappa shape index (κ1) is 18.2. The fourth-order valence-corrected chi connectivity index (χ4v) is 4.48. The lowest BCUT2D eigenvalue weighted by atomic mass is 10.0. The van der Waals surface area contributed by atoms with Gasteiger partial charge >= 0.3 is 0 Å². The standard InChI is InChI=1S/C21H21N5O2S/c27-21(18-4-2-12-29-18)26-7-5-17-16(14-26)20(25-8-10-28-11-9-25)24-19(23-17)15-3-1-6-22-13-15/h1-4,6,12-13H,5,7-11,14H2. The predicted molar refractivity (Wildman–Crippen MR) is 111 cm³/mol. The van der Waals surface area contributed by atoms with Crippen molar-refractivity contribution in [2.24, 2.45) is 0 Å². The molecule has 7 nitrogen and oxygen atoms in total. The third-order valence-electron chi connectivity index (χ3n) is 5.29. The number of aromatic nitrogens is 3. The lowest BCUT2D eigenvalue weighted by Gasteiger charge is -2.34. The van der Waals surface area contributed by atoms with Crippen molar-refractivity contribution in [1.29, 1.82) is 0 Å². The maximum Gasteiger partial charge on any atom is 0.264 e. The maximum atomic E-state index is 12.9. The number of thiophene rings is 1. The number of rotatable bonds is 3. The van der Waals surface area contributed by atoms with Gasteiger partial charge in [-0.25, -0.2) is 9.97 Å². The number of pyridine rings is 1. The number of hydrogen-bond acceptors (Lipinski definition) is 7. The van der Waals surface area contributed by atoms with Gasteiger partial charge in [0, 0.05) is 49.6 Å². The van der Waals surface area contributed by atoms with E-state index < -0.39 is 0 Å². The molecule has 5 rings (SSSR count). The van der Waals surface area contributed by atoms with Gasteiger partial charge in [0.1, 0.15) is 5.82 Å². The molecule has 8 heteroatoms. The normalized spacial score (nSPS) is 16.6. The van der Waals surface area contributed by atoms with Gasteiger partial charge in [0.2, 0.25) is 0 Å². The lowest BCUT2D eigenvalue weighted by molar-refractivity contribution is 0.0738. The van der Waals surface area contributed by atoms with Crippen molar-refractivity contribution in [3.8, 4) is 11.4 Å². The second-order valence-electron chi connectivity index (χ2n) is 7.09. The highest BCUT2D eigenvalue weighted by Gasteiger charge is 2.29. The van der Waals surface area contributed by atoms with Crippen LogP contribution in [0.25, 0.3) is 11.4 Å². The number of nitrogens with zero attached hydrogens (tertiary/aromatic N) is 5. The zero-order valence-corrected chi connectivity index (χ0v) is 16.8. The summed E-state index contributed by atoms with van der Waals surface area (Å²) in [7, 11) is 0. The molecule has 0 unspecified atom stereocenters. The van der Waals surface area contributed by atoms with Crippen LogP contribution in [0, 0.1) is 0 Å². The minimum absolute atomic E-state index is 0.0786. The number of carbonyl (C=O) groups excluding carboxylic acids is 1. The van der Waals surface area contributed by atoms with E-state index in [1.807, 2.05) is 34.5 Å². The van der Waals surface area contributed by atoms with E-state index in [4.69, 9.17) is 14.7 Å². The summed E-state index contributed by atoms with van der Waals surface area (Å²) >= 11 is 1.48. The second-order valence-corrected chi connectivity index (χ2v) is 8.04. The Morgan fingerprint density at radius 3 is 2.76 bits per heavy atom. The van der Waals surface area contributed by atoms with Crippen LogP contribution in [-0.2, 0) is 17.7 Å². The molecule has 0 radical (unpaired) electrons. The zero-order chi connectivity index (χ0) is 19.6. The molecule has 2 aliphatic heterocycles. The van der Waals surface area contributed by atoms with E-state index in [0.717, 1.165) is 47.0 Å². The van der Waals surface area contributed by atoms with Crippen molar-refractivity contribution in [3.05, 3.63) is 58.2 Å². The predicted octanol–water partition coefficient (Wildman–Crippen LogP) is 2.64. The topological polar surface area (TPSA) is 71.5 Å². The van der Waals surface area contributed by atoms with Crippen molar-refractivity contribution in [1.82, 2.24) is 19.9 Å². The van der Waals surface area contributed by atoms with Gasteiger partial charge < -0.3 is 14.5 Å². The van der Waals surface area contributed by atoms with Gasteiger partial charge in [0.05, 0.1) is 30.3 Å². The molecular weight excluding hydrogens is 386 g/mol. The number of carbonyl (C=O) groups is 1. The molecule has 5 heterocycles. The Kier molecular flexibility index (Phi) is 4.95. The lowest BCUT2D eigenvalue weighted by Crippen LogP contribution is -2.41. The molecule has 0 bridgehead atoms. The quantitative estimate of drug-likeness (QED) is 0.665. The first-order chi connectivity index (χ1) is 14.3. The smallest absolute Gasteiger partial charge is 0.264 e. The molecule has 1 saturated heterocycles. The Balaban J connectivity index is 1.54. The van der Waals surface area contributed by atoms with E-state index >= 15 is 0 Å². The van der Waals surface area contributed by atoms with Gasteiger partial charge in [-0.1, -0.05) is 6.07 Å². The summed E-state index contributed by atoms with van der Waals surface area (Å²) in [6, 6.07) is 7.67. The Morgan fingerprint density at radius 2 is 2.00 bits per heavy atom. The van der Waals surface area contributed by atoms with Gasteiger partial charge in [-0.2, -0.15) is 0 Å². The van der Waals surface area contributed by atoms with Gasteiger partial charge in [-0.15, -0.1) is 11.3 Å². The summed E-state index contributed by atoms with van der Waals surface area (Å²) in [6.45, 7) is 4.13. The van der Waals surface area contributed by atoms with Gasteiger partial charge in [-0.05, 0) is 23.6 Å². The molecule has 0 spiro atoms. The molecule has 0 aliphatic carbocycles. The van der Waals surface area contributed by atoms with Crippen LogP contribution in [0.5, 0.6) is 0 Å². The molecule has 2 aliphatic rings. The van der Waals surface area contributed by atoms with E-state index in [0.29, 0.717) is 32.1 Å². The molecular formula is C21H21N5O2S. The van der Waals surface area contributed by atoms with Crippen LogP contribution in [0.4, 0.5) is 5.82 Å². The molecule has 1 amide bonds. The van der Waals surface area contributed by atoms with Crippen molar-refractivity contribution in [3.63, 3.8) is 0 Å². The average Bonchev–Trinajstić information content (AvgIpc) is 3.34. The van der Waals surface area contributed by atoms with E-state index in [2.05, 4.69) is 9.88 Å². The summed E-state index contributed by atoms with van der Waals surface area (Å²) in [5.41, 5.74) is 2.98. The summed E-state index contributed by atoms with van der Waals surface area (Å²) in [5, 5.41) is 1.94. The third kappa shape index (κ3) is 3.61. The average molecular weight is 407 g/mol. The van der Waals surface area contributed by atoms with E-state index in [1.54, 1.807) is 12.4 Å².